The maximum atomic E-state index is 5.38. The number of hydrogen-bond acceptors (Lipinski definition) is 3. The molecule has 0 aliphatic heterocycles. The summed E-state index contributed by atoms with van der Waals surface area (Å²) in [5.74, 6) is 6.05. The van der Waals surface area contributed by atoms with Gasteiger partial charge in [-0.2, -0.15) is 0 Å². The third-order valence-electron chi connectivity index (χ3n) is 2.16. The zero-order valence-corrected chi connectivity index (χ0v) is 10.8. The van der Waals surface area contributed by atoms with Crippen LogP contribution in [0.2, 0.25) is 0 Å². The first-order valence-electron chi connectivity index (χ1n) is 6.09. The minimum Gasteiger partial charge on any atom is -0.382 e. The zero-order valence-electron chi connectivity index (χ0n) is 10.8. The van der Waals surface area contributed by atoms with E-state index in [0.717, 1.165) is 39.0 Å². The number of aliphatic imine (C=N–C) groups is 1. The van der Waals surface area contributed by atoms with Gasteiger partial charge >= 0.3 is 0 Å². The molecule has 4 N–H and O–H groups in total. The molecule has 0 fully saturated rings. The number of rotatable bonds is 8. The molecule has 0 aromatic carbocycles. The monoisotopic (exact) mass is 230 g/mol. The molecule has 0 amide bonds. The van der Waals surface area contributed by atoms with Gasteiger partial charge in [0.15, 0.2) is 0 Å². The number of nitrogens with one attached hydrogen (secondary N) is 2. The minimum absolute atomic E-state index is 0.395. The van der Waals surface area contributed by atoms with Gasteiger partial charge in [-0.25, -0.2) is 5.84 Å². The molecule has 1 atom stereocenters. The average molecular weight is 230 g/mol. The highest BCUT2D eigenvalue weighted by Gasteiger charge is 2.02. The molecule has 5 heteroatoms. The van der Waals surface area contributed by atoms with Crippen molar-refractivity contribution in [2.75, 3.05) is 19.8 Å². The number of guanidine groups is 1. The molecule has 0 bridgehead atoms. The number of hydrazine groups is 1. The lowest BCUT2D eigenvalue weighted by atomic mass is 10.2. The van der Waals surface area contributed by atoms with E-state index in [0.29, 0.717) is 12.0 Å². The van der Waals surface area contributed by atoms with Crippen LogP contribution in [-0.2, 0) is 4.74 Å². The molecule has 0 aromatic rings. The molecule has 16 heavy (non-hydrogen) atoms. The van der Waals surface area contributed by atoms with E-state index in [-0.39, 0.29) is 0 Å². The van der Waals surface area contributed by atoms with Crippen LogP contribution in [0.15, 0.2) is 4.99 Å². The molecule has 0 rings (SSSR count). The second-order valence-electron chi connectivity index (χ2n) is 3.76. The predicted octanol–water partition coefficient (Wildman–Crippen LogP) is 1.01. The highest BCUT2D eigenvalue weighted by molar-refractivity contribution is 5.79. The Morgan fingerprint density at radius 3 is 2.75 bits per heavy atom. The van der Waals surface area contributed by atoms with Gasteiger partial charge in [-0.3, -0.25) is 10.4 Å². The number of ether oxygens (including phenoxy) is 1. The second-order valence-corrected chi connectivity index (χ2v) is 3.76. The fraction of sp³-hybridized carbons (Fsp3) is 0.909. The van der Waals surface area contributed by atoms with E-state index in [4.69, 9.17) is 10.6 Å². The molecular formula is C11H26N4O. The van der Waals surface area contributed by atoms with Crippen LogP contribution in [0, 0.1) is 0 Å². The smallest absolute Gasteiger partial charge is 0.205 e. The molecule has 0 saturated carbocycles. The third-order valence-corrected chi connectivity index (χ3v) is 2.16. The first-order chi connectivity index (χ1) is 7.74. The lowest BCUT2D eigenvalue weighted by molar-refractivity contribution is 0.146. The predicted molar refractivity (Wildman–Crippen MR) is 68.2 cm³/mol. The largest absolute Gasteiger partial charge is 0.382 e. The molecule has 1 unspecified atom stereocenters. The standard InChI is InChI=1S/C11H26N4O/c1-4-7-10(3)14-11(15-12)13-8-6-9-16-5-2/h10H,4-9,12H2,1-3H3,(H2,13,14,15). The summed E-state index contributed by atoms with van der Waals surface area (Å²) in [6, 6.07) is 0.395. The van der Waals surface area contributed by atoms with Gasteiger partial charge in [-0.05, 0) is 26.7 Å². The van der Waals surface area contributed by atoms with Crippen LogP contribution < -0.4 is 16.6 Å². The minimum atomic E-state index is 0.395. The van der Waals surface area contributed by atoms with Crippen molar-refractivity contribution < 1.29 is 4.74 Å². The van der Waals surface area contributed by atoms with E-state index in [1.807, 2.05) is 6.92 Å². The van der Waals surface area contributed by atoms with Crippen molar-refractivity contribution >= 4 is 5.96 Å². The van der Waals surface area contributed by atoms with Crippen molar-refractivity contribution in [3.63, 3.8) is 0 Å². The molecule has 0 heterocycles. The number of nitrogens with zero attached hydrogens (tertiary/aromatic N) is 1. The Morgan fingerprint density at radius 2 is 2.19 bits per heavy atom. The normalized spacial score (nSPS) is 13.6. The fourth-order valence-corrected chi connectivity index (χ4v) is 1.37. The Bertz CT molecular complexity index is 185. The topological polar surface area (TPSA) is 71.7 Å². The Kier molecular flexibility index (Phi) is 10.2. The molecule has 0 radical (unpaired) electrons. The van der Waals surface area contributed by atoms with Crippen LogP contribution in [0.1, 0.15) is 40.0 Å². The van der Waals surface area contributed by atoms with Crippen molar-refractivity contribution in [3.05, 3.63) is 0 Å². The highest BCUT2D eigenvalue weighted by atomic mass is 16.5. The lowest BCUT2D eigenvalue weighted by Gasteiger charge is -2.15. The first kappa shape index (κ1) is 15.2. The summed E-state index contributed by atoms with van der Waals surface area (Å²) in [4.78, 5) is 4.33. The van der Waals surface area contributed by atoms with Crippen molar-refractivity contribution in [1.82, 2.24) is 10.7 Å². The summed E-state index contributed by atoms with van der Waals surface area (Å²) >= 11 is 0. The van der Waals surface area contributed by atoms with E-state index < -0.39 is 0 Å². The quantitative estimate of drug-likeness (QED) is 0.191. The maximum absolute atomic E-state index is 5.38. The summed E-state index contributed by atoms with van der Waals surface area (Å²) in [6.07, 6.45) is 3.18. The van der Waals surface area contributed by atoms with E-state index >= 15 is 0 Å². The summed E-state index contributed by atoms with van der Waals surface area (Å²) in [5, 5.41) is 3.23. The van der Waals surface area contributed by atoms with Gasteiger partial charge in [0.1, 0.15) is 0 Å². The molecule has 0 aliphatic rings. The molecule has 96 valence electrons. The summed E-state index contributed by atoms with van der Waals surface area (Å²) in [7, 11) is 0. The SMILES string of the molecule is CCCC(C)NC(=NCCCOCC)NN. The number of hydrogen-bond donors (Lipinski definition) is 3. The van der Waals surface area contributed by atoms with Crippen molar-refractivity contribution in [1.29, 1.82) is 0 Å². The van der Waals surface area contributed by atoms with Crippen LogP contribution in [0.25, 0.3) is 0 Å². The Balaban J connectivity index is 3.74. The first-order valence-corrected chi connectivity index (χ1v) is 6.09. The van der Waals surface area contributed by atoms with Gasteiger partial charge < -0.3 is 10.1 Å². The van der Waals surface area contributed by atoms with Crippen molar-refractivity contribution in [2.24, 2.45) is 10.8 Å². The summed E-state index contributed by atoms with van der Waals surface area (Å²) in [5.41, 5.74) is 2.58. The van der Waals surface area contributed by atoms with E-state index in [1.165, 1.54) is 0 Å². The van der Waals surface area contributed by atoms with Crippen LogP contribution in [0.5, 0.6) is 0 Å². The van der Waals surface area contributed by atoms with Crippen LogP contribution in [0.4, 0.5) is 0 Å². The zero-order chi connectivity index (χ0) is 12.2. The Hall–Kier alpha value is -0.810. The van der Waals surface area contributed by atoms with Crippen LogP contribution in [-0.4, -0.2) is 31.8 Å². The molecular weight excluding hydrogens is 204 g/mol. The second kappa shape index (κ2) is 10.7. The Labute approximate surface area is 98.8 Å². The van der Waals surface area contributed by atoms with Crippen molar-refractivity contribution in [3.8, 4) is 0 Å². The summed E-state index contributed by atoms with van der Waals surface area (Å²) < 4.78 is 5.23. The fourth-order valence-electron chi connectivity index (χ4n) is 1.37. The molecule has 0 spiro atoms. The third kappa shape index (κ3) is 8.49. The van der Waals surface area contributed by atoms with E-state index in [2.05, 4.69) is 29.6 Å². The van der Waals surface area contributed by atoms with Crippen LogP contribution >= 0.6 is 0 Å². The molecule has 0 aromatic heterocycles. The lowest BCUT2D eigenvalue weighted by Crippen LogP contribution is -2.45. The van der Waals surface area contributed by atoms with E-state index in [1.54, 1.807) is 0 Å². The van der Waals surface area contributed by atoms with E-state index in [9.17, 15) is 0 Å². The van der Waals surface area contributed by atoms with Gasteiger partial charge in [0, 0.05) is 25.8 Å². The maximum Gasteiger partial charge on any atom is 0.205 e. The highest BCUT2D eigenvalue weighted by Crippen LogP contribution is 1.94. The number of nitrogens with two attached hydrogens (primary N) is 1. The van der Waals surface area contributed by atoms with Gasteiger partial charge in [0.25, 0.3) is 0 Å². The van der Waals surface area contributed by atoms with Gasteiger partial charge in [-0.1, -0.05) is 13.3 Å². The van der Waals surface area contributed by atoms with Gasteiger partial charge in [0.2, 0.25) is 5.96 Å². The Morgan fingerprint density at radius 1 is 1.44 bits per heavy atom. The molecule has 5 nitrogen and oxygen atoms in total. The van der Waals surface area contributed by atoms with Gasteiger partial charge in [-0.15, -0.1) is 0 Å². The van der Waals surface area contributed by atoms with Gasteiger partial charge in [0.05, 0.1) is 0 Å². The molecule has 0 saturated heterocycles. The summed E-state index contributed by atoms with van der Waals surface area (Å²) in [6.45, 7) is 8.51. The van der Waals surface area contributed by atoms with Crippen LogP contribution in [0.3, 0.4) is 0 Å². The average Bonchev–Trinajstić information content (AvgIpc) is 2.27. The van der Waals surface area contributed by atoms with Crippen molar-refractivity contribution in [2.45, 2.75) is 46.1 Å². The molecule has 0 aliphatic carbocycles.